The molecule has 1 rings (SSSR count). The molecule has 1 N–H and O–H groups in total. The zero-order valence-corrected chi connectivity index (χ0v) is 11.6. The molecule has 0 amide bonds. The number of ether oxygens (including phenoxy) is 3. The van der Waals surface area contributed by atoms with Gasteiger partial charge in [-0.15, -0.1) is 0 Å². The highest BCUT2D eigenvalue weighted by atomic mass is 16.6. The summed E-state index contributed by atoms with van der Waals surface area (Å²) in [7, 11) is 2.95. The number of nitrogens with zero attached hydrogens (tertiary/aromatic N) is 1. The van der Waals surface area contributed by atoms with Crippen molar-refractivity contribution in [2.24, 2.45) is 5.41 Å². The maximum absolute atomic E-state index is 9.52. The van der Waals surface area contributed by atoms with Crippen molar-refractivity contribution in [1.29, 1.82) is 0 Å². The predicted octanol–water partition coefficient (Wildman–Crippen LogP) is 2.15. The Morgan fingerprint density at radius 2 is 1.94 bits per heavy atom. The summed E-state index contributed by atoms with van der Waals surface area (Å²) in [6, 6.07) is 1.60. The lowest BCUT2D eigenvalue weighted by molar-refractivity contribution is -0.0800. The molecule has 1 aromatic rings. The van der Waals surface area contributed by atoms with Gasteiger partial charge in [0.25, 0.3) is 0 Å². The molecule has 18 heavy (non-hydrogen) atoms. The van der Waals surface area contributed by atoms with Gasteiger partial charge in [0.05, 0.1) is 25.6 Å². The van der Waals surface area contributed by atoms with Gasteiger partial charge in [0.1, 0.15) is 0 Å². The van der Waals surface area contributed by atoms with E-state index in [0.717, 1.165) is 0 Å². The van der Waals surface area contributed by atoms with E-state index in [0.29, 0.717) is 23.8 Å². The fourth-order valence-electron chi connectivity index (χ4n) is 1.26. The molecule has 1 aromatic heterocycles. The maximum atomic E-state index is 9.52. The molecule has 0 aromatic carbocycles. The molecule has 0 aliphatic carbocycles. The predicted molar refractivity (Wildman–Crippen MR) is 67.7 cm³/mol. The summed E-state index contributed by atoms with van der Waals surface area (Å²) in [6.07, 6.45) is 0.470. The van der Waals surface area contributed by atoms with Crippen molar-refractivity contribution in [2.75, 3.05) is 20.8 Å². The number of aliphatic hydroxyl groups is 1. The zero-order chi connectivity index (χ0) is 13.8. The lowest BCUT2D eigenvalue weighted by atomic mass is 9.99. The standard InChI is InChI=1S/C13H21NO4/c1-13(2,3)8-18-11-7-14-9(12(15)17-5)6-10(11)16-4/h6-7,12,15H,8H2,1-5H3. The molecule has 1 heterocycles. The molecule has 0 fully saturated rings. The van der Waals surface area contributed by atoms with E-state index in [1.165, 1.54) is 13.3 Å². The van der Waals surface area contributed by atoms with E-state index in [4.69, 9.17) is 14.2 Å². The molecule has 0 saturated heterocycles. The van der Waals surface area contributed by atoms with Crippen LogP contribution in [0.1, 0.15) is 32.8 Å². The molecule has 102 valence electrons. The second-order valence-electron chi connectivity index (χ2n) is 5.20. The molecule has 5 nitrogen and oxygen atoms in total. The van der Waals surface area contributed by atoms with Gasteiger partial charge in [0.15, 0.2) is 17.8 Å². The van der Waals surface area contributed by atoms with Crippen molar-refractivity contribution in [1.82, 2.24) is 4.98 Å². The Morgan fingerprint density at radius 1 is 1.28 bits per heavy atom. The minimum atomic E-state index is -1.06. The first-order chi connectivity index (χ1) is 8.37. The monoisotopic (exact) mass is 255 g/mol. The first-order valence-corrected chi connectivity index (χ1v) is 5.75. The van der Waals surface area contributed by atoms with Crippen LogP contribution < -0.4 is 9.47 Å². The van der Waals surface area contributed by atoms with E-state index in [1.54, 1.807) is 13.2 Å². The van der Waals surface area contributed by atoms with Gasteiger partial charge in [-0.25, -0.2) is 0 Å². The van der Waals surface area contributed by atoms with E-state index < -0.39 is 6.29 Å². The van der Waals surface area contributed by atoms with Crippen molar-refractivity contribution in [2.45, 2.75) is 27.1 Å². The average molecular weight is 255 g/mol. The Bertz CT molecular complexity index is 387. The topological polar surface area (TPSA) is 60.8 Å². The number of hydrogen-bond acceptors (Lipinski definition) is 5. The first-order valence-electron chi connectivity index (χ1n) is 5.75. The molecule has 0 bridgehead atoms. The molecule has 0 radical (unpaired) electrons. The molecular weight excluding hydrogens is 234 g/mol. The normalized spacial score (nSPS) is 13.2. The van der Waals surface area contributed by atoms with Gasteiger partial charge in [-0.2, -0.15) is 0 Å². The first kappa shape index (κ1) is 14.7. The summed E-state index contributed by atoms with van der Waals surface area (Å²) in [5, 5.41) is 9.52. The molecule has 0 aliphatic heterocycles. The van der Waals surface area contributed by atoms with Crippen LogP contribution in [0.2, 0.25) is 0 Å². The minimum absolute atomic E-state index is 0.0513. The number of hydrogen-bond donors (Lipinski definition) is 1. The van der Waals surface area contributed by atoms with Crippen LogP contribution in [-0.4, -0.2) is 30.9 Å². The maximum Gasteiger partial charge on any atom is 0.198 e. The highest BCUT2D eigenvalue weighted by Gasteiger charge is 2.16. The molecule has 5 heteroatoms. The smallest absolute Gasteiger partial charge is 0.198 e. The Labute approximate surface area is 108 Å². The van der Waals surface area contributed by atoms with Crippen LogP contribution in [0.4, 0.5) is 0 Å². The zero-order valence-electron chi connectivity index (χ0n) is 11.6. The fourth-order valence-corrected chi connectivity index (χ4v) is 1.26. The summed E-state index contributed by atoms with van der Waals surface area (Å²) in [4.78, 5) is 4.08. The summed E-state index contributed by atoms with van der Waals surface area (Å²) < 4.78 is 15.7. The van der Waals surface area contributed by atoms with Gasteiger partial charge in [0.2, 0.25) is 0 Å². The number of pyridine rings is 1. The summed E-state index contributed by atoms with van der Waals surface area (Å²) in [6.45, 7) is 6.79. The highest BCUT2D eigenvalue weighted by molar-refractivity contribution is 5.39. The van der Waals surface area contributed by atoms with Crippen LogP contribution >= 0.6 is 0 Å². The van der Waals surface area contributed by atoms with Crippen molar-refractivity contribution in [3.8, 4) is 11.5 Å². The number of rotatable bonds is 5. The van der Waals surface area contributed by atoms with Gasteiger partial charge in [-0.1, -0.05) is 20.8 Å². The van der Waals surface area contributed by atoms with Crippen LogP contribution in [-0.2, 0) is 4.74 Å². The SMILES string of the molecule is COc1cc(C(O)OC)ncc1OCC(C)(C)C. The van der Waals surface area contributed by atoms with E-state index in [-0.39, 0.29) is 5.41 Å². The number of aromatic nitrogens is 1. The Morgan fingerprint density at radius 3 is 2.44 bits per heavy atom. The van der Waals surface area contributed by atoms with Gasteiger partial charge in [0, 0.05) is 13.2 Å². The lowest BCUT2D eigenvalue weighted by Crippen LogP contribution is -2.17. The Balaban J connectivity index is 2.87. The van der Waals surface area contributed by atoms with Crippen LogP contribution in [0.5, 0.6) is 11.5 Å². The van der Waals surface area contributed by atoms with E-state index in [2.05, 4.69) is 25.8 Å². The molecule has 1 unspecified atom stereocenters. The summed E-state index contributed by atoms with van der Waals surface area (Å²) >= 11 is 0. The molecule has 0 saturated carbocycles. The third-order valence-corrected chi connectivity index (χ3v) is 2.21. The van der Waals surface area contributed by atoms with Crippen molar-refractivity contribution in [3.63, 3.8) is 0 Å². The Hall–Kier alpha value is -1.33. The van der Waals surface area contributed by atoms with Crippen LogP contribution in [0.25, 0.3) is 0 Å². The fraction of sp³-hybridized carbons (Fsp3) is 0.615. The lowest BCUT2D eigenvalue weighted by Gasteiger charge is -2.20. The Kier molecular flexibility index (Phi) is 4.93. The molecule has 0 aliphatic rings. The van der Waals surface area contributed by atoms with Gasteiger partial charge in [-0.05, 0) is 5.41 Å². The quantitative estimate of drug-likeness (QED) is 0.817. The average Bonchev–Trinajstić information content (AvgIpc) is 2.34. The second-order valence-corrected chi connectivity index (χ2v) is 5.20. The minimum Gasteiger partial charge on any atom is -0.493 e. The largest absolute Gasteiger partial charge is 0.493 e. The van der Waals surface area contributed by atoms with Crippen molar-refractivity contribution >= 4 is 0 Å². The molecule has 1 atom stereocenters. The summed E-state index contributed by atoms with van der Waals surface area (Å²) in [5.74, 6) is 1.08. The van der Waals surface area contributed by atoms with Gasteiger partial charge < -0.3 is 19.3 Å². The van der Waals surface area contributed by atoms with Crippen LogP contribution in [0.15, 0.2) is 12.3 Å². The van der Waals surface area contributed by atoms with Gasteiger partial charge in [-0.3, -0.25) is 4.98 Å². The van der Waals surface area contributed by atoms with Crippen molar-refractivity contribution in [3.05, 3.63) is 18.0 Å². The van der Waals surface area contributed by atoms with E-state index >= 15 is 0 Å². The summed E-state index contributed by atoms with van der Waals surface area (Å²) in [5.41, 5.74) is 0.438. The van der Waals surface area contributed by atoms with E-state index in [1.807, 2.05) is 0 Å². The molecule has 0 spiro atoms. The van der Waals surface area contributed by atoms with Gasteiger partial charge >= 0.3 is 0 Å². The van der Waals surface area contributed by atoms with E-state index in [9.17, 15) is 5.11 Å². The van der Waals surface area contributed by atoms with Crippen molar-refractivity contribution < 1.29 is 19.3 Å². The molecular formula is C13H21NO4. The third-order valence-electron chi connectivity index (χ3n) is 2.21. The van der Waals surface area contributed by atoms with Crippen LogP contribution in [0.3, 0.4) is 0 Å². The number of aliphatic hydroxyl groups excluding tert-OH is 1. The number of methoxy groups -OCH3 is 2. The second kappa shape index (κ2) is 6.02. The van der Waals surface area contributed by atoms with Crippen LogP contribution in [0, 0.1) is 5.41 Å². The highest BCUT2D eigenvalue weighted by Crippen LogP contribution is 2.30. The third kappa shape index (κ3) is 4.16.